The van der Waals surface area contributed by atoms with Crippen molar-refractivity contribution in [3.8, 4) is 5.75 Å². The average molecular weight is 350 g/mol. The highest BCUT2D eigenvalue weighted by atomic mass is 35.5. The normalized spacial score (nSPS) is 11.2. The molecule has 0 amide bonds. The van der Waals surface area contributed by atoms with Crippen molar-refractivity contribution in [2.24, 2.45) is 7.05 Å². The number of hydrogen-bond acceptors (Lipinski definition) is 5. The average Bonchev–Trinajstić information content (AvgIpc) is 2.77. The summed E-state index contributed by atoms with van der Waals surface area (Å²) in [6.45, 7) is 3.87. The van der Waals surface area contributed by atoms with Crippen LogP contribution in [0.3, 0.4) is 0 Å². The molecular formula is C17H24ClN5O. The third-order valence-electron chi connectivity index (χ3n) is 4.00. The van der Waals surface area contributed by atoms with E-state index < -0.39 is 0 Å². The van der Waals surface area contributed by atoms with Gasteiger partial charge in [-0.1, -0.05) is 0 Å². The molecular weight excluding hydrogens is 326 g/mol. The topological polar surface area (TPSA) is 66.2 Å². The van der Waals surface area contributed by atoms with Crippen molar-refractivity contribution >= 4 is 40.0 Å². The molecule has 6 nitrogen and oxygen atoms in total. The molecule has 2 N–H and O–H groups in total. The van der Waals surface area contributed by atoms with Crippen molar-refractivity contribution in [2.75, 3.05) is 32.5 Å². The standard InChI is InChI=1S/C17H23N5O.ClH/c1-11-15-16(18-8-5-9-21(2)3)13-10-12(23)6-7-14(13)19-17(15)22(4)20-11;/h6-7,10,23H,5,8-9H2,1-4H3,(H,18,19);1H. The molecule has 7 heteroatoms. The van der Waals surface area contributed by atoms with Crippen LogP contribution in [-0.2, 0) is 7.05 Å². The van der Waals surface area contributed by atoms with Gasteiger partial charge in [-0.3, -0.25) is 4.68 Å². The zero-order valence-corrected chi connectivity index (χ0v) is 15.3. The second-order valence-electron chi connectivity index (χ2n) is 6.18. The highest BCUT2D eigenvalue weighted by Crippen LogP contribution is 2.34. The van der Waals surface area contributed by atoms with Gasteiger partial charge in [0.05, 0.1) is 22.3 Å². The van der Waals surface area contributed by atoms with Crippen LogP contribution in [0.4, 0.5) is 5.69 Å². The van der Waals surface area contributed by atoms with Crippen molar-refractivity contribution < 1.29 is 5.11 Å². The molecule has 0 radical (unpaired) electrons. The predicted molar refractivity (Wildman–Crippen MR) is 101 cm³/mol. The van der Waals surface area contributed by atoms with Gasteiger partial charge in [0.2, 0.25) is 0 Å². The van der Waals surface area contributed by atoms with Crippen molar-refractivity contribution in [2.45, 2.75) is 13.3 Å². The summed E-state index contributed by atoms with van der Waals surface area (Å²) < 4.78 is 1.81. The molecule has 3 rings (SSSR count). The molecule has 0 aliphatic rings. The lowest BCUT2D eigenvalue weighted by molar-refractivity contribution is 0.405. The minimum absolute atomic E-state index is 0. The van der Waals surface area contributed by atoms with Gasteiger partial charge in [-0.2, -0.15) is 5.10 Å². The molecule has 0 unspecified atom stereocenters. The Morgan fingerprint density at radius 1 is 1.29 bits per heavy atom. The number of hydrogen-bond donors (Lipinski definition) is 2. The van der Waals surface area contributed by atoms with Crippen LogP contribution in [0, 0.1) is 6.92 Å². The quantitative estimate of drug-likeness (QED) is 0.693. The van der Waals surface area contributed by atoms with Gasteiger partial charge in [0.1, 0.15) is 5.75 Å². The Labute approximate surface area is 147 Å². The largest absolute Gasteiger partial charge is 0.508 e. The number of phenols is 1. The molecule has 2 heterocycles. The first-order chi connectivity index (χ1) is 11.0. The van der Waals surface area contributed by atoms with Crippen LogP contribution >= 0.6 is 12.4 Å². The first-order valence-corrected chi connectivity index (χ1v) is 7.82. The second kappa shape index (κ2) is 7.23. The summed E-state index contributed by atoms with van der Waals surface area (Å²) in [4.78, 5) is 6.87. The molecule has 3 aromatic rings. The summed E-state index contributed by atoms with van der Waals surface area (Å²) in [6, 6.07) is 5.28. The predicted octanol–water partition coefficient (Wildman–Crippen LogP) is 2.92. The number of aromatic hydroxyl groups is 1. The lowest BCUT2D eigenvalue weighted by atomic mass is 10.1. The highest BCUT2D eigenvalue weighted by Gasteiger charge is 2.15. The Morgan fingerprint density at radius 3 is 2.75 bits per heavy atom. The van der Waals surface area contributed by atoms with Gasteiger partial charge in [-0.25, -0.2) is 4.98 Å². The minimum Gasteiger partial charge on any atom is -0.508 e. The molecule has 0 saturated heterocycles. The van der Waals surface area contributed by atoms with Crippen LogP contribution in [0.5, 0.6) is 5.75 Å². The SMILES string of the molecule is Cc1nn(C)c2nc3ccc(O)cc3c(NCCCN(C)C)c12.Cl. The maximum Gasteiger partial charge on any atom is 0.160 e. The summed E-state index contributed by atoms with van der Waals surface area (Å²) in [6.07, 6.45) is 1.04. The number of halogens is 1. The van der Waals surface area contributed by atoms with E-state index in [4.69, 9.17) is 4.98 Å². The zero-order chi connectivity index (χ0) is 16.6. The summed E-state index contributed by atoms with van der Waals surface area (Å²) in [7, 11) is 6.05. The Hall–Kier alpha value is -2.05. The first-order valence-electron chi connectivity index (χ1n) is 7.82. The Morgan fingerprint density at radius 2 is 2.04 bits per heavy atom. The molecule has 0 aliphatic carbocycles. The highest BCUT2D eigenvalue weighted by molar-refractivity contribution is 6.08. The third kappa shape index (κ3) is 3.39. The summed E-state index contributed by atoms with van der Waals surface area (Å²) >= 11 is 0. The zero-order valence-electron chi connectivity index (χ0n) is 14.5. The number of aromatic nitrogens is 3. The molecule has 2 aromatic heterocycles. The molecule has 0 spiro atoms. The number of fused-ring (bicyclic) bond motifs is 2. The van der Waals surface area contributed by atoms with Crippen LogP contribution in [0.15, 0.2) is 18.2 Å². The van der Waals surface area contributed by atoms with Crippen molar-refractivity contribution in [3.63, 3.8) is 0 Å². The fraction of sp³-hybridized carbons (Fsp3) is 0.412. The van der Waals surface area contributed by atoms with Crippen LogP contribution in [0.1, 0.15) is 12.1 Å². The lowest BCUT2D eigenvalue weighted by Crippen LogP contribution is -2.16. The maximum atomic E-state index is 9.86. The van der Waals surface area contributed by atoms with E-state index in [0.29, 0.717) is 0 Å². The molecule has 0 bridgehead atoms. The summed E-state index contributed by atoms with van der Waals surface area (Å²) in [5, 5.41) is 19.8. The molecule has 130 valence electrons. The fourth-order valence-electron chi connectivity index (χ4n) is 2.93. The van der Waals surface area contributed by atoms with E-state index >= 15 is 0 Å². The molecule has 0 atom stereocenters. The number of aryl methyl sites for hydroxylation is 2. The van der Waals surface area contributed by atoms with E-state index in [1.54, 1.807) is 12.1 Å². The number of nitrogens with one attached hydrogen (secondary N) is 1. The van der Waals surface area contributed by atoms with Gasteiger partial charge in [0, 0.05) is 19.0 Å². The van der Waals surface area contributed by atoms with E-state index in [0.717, 1.165) is 52.8 Å². The lowest BCUT2D eigenvalue weighted by Gasteiger charge is -2.14. The van der Waals surface area contributed by atoms with Gasteiger partial charge in [-0.15, -0.1) is 12.4 Å². The molecule has 24 heavy (non-hydrogen) atoms. The number of anilines is 1. The van der Waals surface area contributed by atoms with Crippen molar-refractivity contribution in [1.29, 1.82) is 0 Å². The second-order valence-corrected chi connectivity index (χ2v) is 6.18. The number of phenolic OH excluding ortho intramolecular Hbond substituents is 1. The van der Waals surface area contributed by atoms with Crippen LogP contribution in [-0.4, -0.2) is 52.0 Å². The summed E-state index contributed by atoms with van der Waals surface area (Å²) in [5.74, 6) is 0.247. The van der Waals surface area contributed by atoms with Gasteiger partial charge >= 0.3 is 0 Å². The maximum absolute atomic E-state index is 9.86. The molecule has 0 aliphatic heterocycles. The van der Waals surface area contributed by atoms with Gasteiger partial charge < -0.3 is 15.3 Å². The molecule has 0 saturated carbocycles. The summed E-state index contributed by atoms with van der Waals surface area (Å²) in [5.41, 5.74) is 3.66. The molecule has 0 fully saturated rings. The van der Waals surface area contributed by atoms with Crippen LogP contribution in [0.2, 0.25) is 0 Å². The number of pyridine rings is 1. The van der Waals surface area contributed by atoms with Crippen LogP contribution < -0.4 is 5.32 Å². The molecule has 1 aromatic carbocycles. The number of rotatable bonds is 5. The van der Waals surface area contributed by atoms with E-state index in [2.05, 4.69) is 29.4 Å². The Bertz CT molecular complexity index is 859. The Kier molecular flexibility index (Phi) is 5.51. The first kappa shape index (κ1) is 18.3. The monoisotopic (exact) mass is 349 g/mol. The third-order valence-corrected chi connectivity index (χ3v) is 4.00. The fourth-order valence-corrected chi connectivity index (χ4v) is 2.93. The van der Waals surface area contributed by atoms with Crippen molar-refractivity contribution in [3.05, 3.63) is 23.9 Å². The van der Waals surface area contributed by atoms with E-state index in [1.165, 1.54) is 0 Å². The Balaban J connectivity index is 0.00000208. The van der Waals surface area contributed by atoms with E-state index in [-0.39, 0.29) is 18.2 Å². The minimum atomic E-state index is 0. The van der Waals surface area contributed by atoms with E-state index in [1.807, 2.05) is 24.7 Å². The van der Waals surface area contributed by atoms with Crippen molar-refractivity contribution in [1.82, 2.24) is 19.7 Å². The van der Waals surface area contributed by atoms with Gasteiger partial charge in [-0.05, 0) is 52.2 Å². The van der Waals surface area contributed by atoms with Gasteiger partial charge in [0.25, 0.3) is 0 Å². The van der Waals surface area contributed by atoms with E-state index in [9.17, 15) is 5.11 Å². The number of benzene rings is 1. The van der Waals surface area contributed by atoms with Crippen LogP contribution in [0.25, 0.3) is 21.9 Å². The van der Waals surface area contributed by atoms with Gasteiger partial charge in [0.15, 0.2) is 5.65 Å². The number of nitrogens with zero attached hydrogens (tertiary/aromatic N) is 4. The smallest absolute Gasteiger partial charge is 0.160 e.